The third-order valence-electron chi connectivity index (χ3n) is 4.99. The third-order valence-corrected chi connectivity index (χ3v) is 5.67. The van der Waals surface area contributed by atoms with Gasteiger partial charge in [0.05, 0.1) is 30.3 Å². The summed E-state index contributed by atoms with van der Waals surface area (Å²) in [5, 5.41) is 9.73. The molecule has 2 aromatic carbocycles. The van der Waals surface area contributed by atoms with Gasteiger partial charge in [0.15, 0.2) is 0 Å². The third kappa shape index (κ3) is 5.24. The van der Waals surface area contributed by atoms with Crippen LogP contribution in [0.2, 0.25) is 0 Å². The lowest BCUT2D eigenvalue weighted by Crippen LogP contribution is -2.25. The smallest absolute Gasteiger partial charge is 0.338 e. The first kappa shape index (κ1) is 24.9. The van der Waals surface area contributed by atoms with Gasteiger partial charge in [-0.2, -0.15) is 5.26 Å². The maximum Gasteiger partial charge on any atom is 0.338 e. The second-order valence-electron chi connectivity index (χ2n) is 7.15. The summed E-state index contributed by atoms with van der Waals surface area (Å²) in [5.74, 6) is -0.534. The summed E-state index contributed by atoms with van der Waals surface area (Å²) < 4.78 is 22.1. The summed E-state index contributed by atoms with van der Waals surface area (Å²) >= 11 is 3.53. The van der Waals surface area contributed by atoms with Gasteiger partial charge in [-0.05, 0) is 62.7 Å². The first-order valence-electron chi connectivity index (χ1n) is 10.5. The molecule has 0 saturated carbocycles. The average Bonchev–Trinajstić information content (AvgIpc) is 2.79. The van der Waals surface area contributed by atoms with Crippen molar-refractivity contribution in [2.45, 2.75) is 26.7 Å². The Labute approximate surface area is 205 Å². The van der Waals surface area contributed by atoms with Crippen LogP contribution >= 0.6 is 15.9 Å². The average molecular weight is 527 g/mol. The van der Waals surface area contributed by atoms with Gasteiger partial charge < -0.3 is 24.7 Å². The largest absolute Gasteiger partial charge is 0.463 e. The molecule has 176 valence electrons. The Morgan fingerprint density at radius 2 is 1.68 bits per heavy atom. The van der Waals surface area contributed by atoms with Crippen molar-refractivity contribution >= 4 is 27.9 Å². The first-order valence-corrected chi connectivity index (χ1v) is 11.3. The molecule has 0 fully saturated rings. The summed E-state index contributed by atoms with van der Waals surface area (Å²) in [6, 6.07) is 13.8. The molecule has 1 aliphatic heterocycles. The van der Waals surface area contributed by atoms with Crippen LogP contribution in [0.1, 0.15) is 42.6 Å². The van der Waals surface area contributed by atoms with Crippen LogP contribution in [-0.4, -0.2) is 25.2 Å². The highest BCUT2D eigenvalue weighted by atomic mass is 79.9. The first-order chi connectivity index (χ1) is 16.3. The highest BCUT2D eigenvalue weighted by Gasteiger charge is 2.37. The van der Waals surface area contributed by atoms with Gasteiger partial charge in [-0.15, -0.1) is 0 Å². The SMILES string of the molecule is CCOC(=O)C1=C(C)OC(N)=C(C#N)C1c1ccc(Oc2ccc(C(=O)OCC)cc2)cc1Br. The van der Waals surface area contributed by atoms with Crippen LogP contribution in [0.5, 0.6) is 11.5 Å². The topological polar surface area (TPSA) is 121 Å². The number of esters is 2. The van der Waals surface area contributed by atoms with E-state index in [0.717, 1.165) is 0 Å². The zero-order valence-electron chi connectivity index (χ0n) is 18.9. The van der Waals surface area contributed by atoms with E-state index in [4.69, 9.17) is 24.7 Å². The monoisotopic (exact) mass is 526 g/mol. The molecule has 2 N–H and O–H groups in total. The normalized spacial score (nSPS) is 15.3. The van der Waals surface area contributed by atoms with Crippen molar-refractivity contribution < 1.29 is 28.5 Å². The van der Waals surface area contributed by atoms with Crippen molar-refractivity contribution in [3.8, 4) is 17.6 Å². The van der Waals surface area contributed by atoms with Gasteiger partial charge >= 0.3 is 11.9 Å². The highest BCUT2D eigenvalue weighted by Crippen LogP contribution is 2.43. The number of ether oxygens (including phenoxy) is 4. The van der Waals surface area contributed by atoms with Gasteiger partial charge in [-0.1, -0.05) is 22.0 Å². The Balaban J connectivity index is 1.92. The minimum atomic E-state index is -0.773. The Morgan fingerprint density at radius 3 is 2.26 bits per heavy atom. The fourth-order valence-corrected chi connectivity index (χ4v) is 4.07. The Kier molecular flexibility index (Phi) is 7.97. The second-order valence-corrected chi connectivity index (χ2v) is 8.00. The van der Waals surface area contributed by atoms with E-state index in [2.05, 4.69) is 22.0 Å². The molecule has 34 heavy (non-hydrogen) atoms. The highest BCUT2D eigenvalue weighted by molar-refractivity contribution is 9.10. The lowest BCUT2D eigenvalue weighted by Gasteiger charge is -2.27. The maximum absolute atomic E-state index is 12.7. The molecule has 1 heterocycles. The van der Waals surface area contributed by atoms with E-state index < -0.39 is 17.9 Å². The Bertz CT molecular complexity index is 1210. The van der Waals surface area contributed by atoms with Crippen LogP contribution in [0.4, 0.5) is 0 Å². The summed E-state index contributed by atoms with van der Waals surface area (Å²) in [5.41, 5.74) is 7.31. The molecule has 2 aromatic rings. The number of benzene rings is 2. The number of carbonyl (C=O) groups is 2. The molecule has 1 unspecified atom stereocenters. The van der Waals surface area contributed by atoms with Crippen LogP contribution in [-0.2, 0) is 19.0 Å². The number of rotatable bonds is 7. The van der Waals surface area contributed by atoms with Crippen LogP contribution < -0.4 is 10.5 Å². The molecule has 0 spiro atoms. The molecule has 1 atom stereocenters. The van der Waals surface area contributed by atoms with Gasteiger partial charge in [-0.3, -0.25) is 0 Å². The molecule has 0 aliphatic carbocycles. The van der Waals surface area contributed by atoms with Crippen LogP contribution in [0.3, 0.4) is 0 Å². The van der Waals surface area contributed by atoms with Crippen molar-refractivity contribution in [3.63, 3.8) is 0 Å². The molecule has 0 radical (unpaired) electrons. The second kappa shape index (κ2) is 10.9. The van der Waals surface area contributed by atoms with Gasteiger partial charge in [0.1, 0.15) is 28.9 Å². The van der Waals surface area contributed by atoms with Crippen LogP contribution in [0.15, 0.2) is 69.7 Å². The Morgan fingerprint density at radius 1 is 1.06 bits per heavy atom. The fourth-order valence-electron chi connectivity index (χ4n) is 3.48. The Hall–Kier alpha value is -3.77. The molecule has 1 aliphatic rings. The van der Waals surface area contributed by atoms with Crippen molar-refractivity contribution in [1.82, 2.24) is 0 Å². The minimum Gasteiger partial charge on any atom is -0.463 e. The van der Waals surface area contributed by atoms with E-state index in [1.54, 1.807) is 63.2 Å². The number of nitriles is 1. The van der Waals surface area contributed by atoms with E-state index in [1.807, 2.05) is 0 Å². The van der Waals surface area contributed by atoms with E-state index in [1.165, 1.54) is 0 Å². The standard InChI is InChI=1S/C25H23BrN2O6/c1-4-31-24(29)15-6-8-16(9-7-15)34-17-10-11-18(20(26)12-17)22-19(13-27)23(28)33-14(3)21(22)25(30)32-5-2/h6-12,22H,4-5,28H2,1-3H3. The summed E-state index contributed by atoms with van der Waals surface area (Å²) in [6.07, 6.45) is 0. The van der Waals surface area contributed by atoms with E-state index in [-0.39, 0.29) is 29.4 Å². The number of hydrogen-bond donors (Lipinski definition) is 1. The summed E-state index contributed by atoms with van der Waals surface area (Å²) in [4.78, 5) is 24.5. The quantitative estimate of drug-likeness (QED) is 0.496. The van der Waals surface area contributed by atoms with E-state index >= 15 is 0 Å². The molecular weight excluding hydrogens is 504 g/mol. The predicted octanol–water partition coefficient (Wildman–Crippen LogP) is 5.06. The number of allylic oxidation sites excluding steroid dienone is 2. The van der Waals surface area contributed by atoms with Crippen molar-refractivity contribution in [2.24, 2.45) is 5.73 Å². The van der Waals surface area contributed by atoms with E-state index in [9.17, 15) is 14.9 Å². The van der Waals surface area contributed by atoms with Gasteiger partial charge in [0.2, 0.25) is 5.88 Å². The number of halogens is 1. The van der Waals surface area contributed by atoms with Crippen molar-refractivity contribution in [3.05, 3.63) is 80.9 Å². The summed E-state index contributed by atoms with van der Waals surface area (Å²) in [7, 11) is 0. The number of hydrogen-bond acceptors (Lipinski definition) is 8. The number of nitrogens with two attached hydrogens (primary N) is 1. The van der Waals surface area contributed by atoms with Crippen LogP contribution in [0.25, 0.3) is 0 Å². The molecule has 0 saturated heterocycles. The molecule has 9 heteroatoms. The predicted molar refractivity (Wildman–Crippen MR) is 127 cm³/mol. The van der Waals surface area contributed by atoms with Gasteiger partial charge in [0.25, 0.3) is 0 Å². The van der Waals surface area contributed by atoms with Crippen LogP contribution in [0, 0.1) is 11.3 Å². The fraction of sp³-hybridized carbons (Fsp3) is 0.240. The zero-order chi connectivity index (χ0) is 24.8. The molecular formula is C25H23BrN2O6. The van der Waals surface area contributed by atoms with Crippen molar-refractivity contribution in [1.29, 1.82) is 5.26 Å². The molecule has 8 nitrogen and oxygen atoms in total. The molecule has 0 bridgehead atoms. The van der Waals surface area contributed by atoms with Crippen molar-refractivity contribution in [2.75, 3.05) is 13.2 Å². The summed E-state index contributed by atoms with van der Waals surface area (Å²) in [6.45, 7) is 5.51. The lowest BCUT2D eigenvalue weighted by atomic mass is 9.83. The minimum absolute atomic E-state index is 0.0630. The lowest BCUT2D eigenvalue weighted by molar-refractivity contribution is -0.139. The van der Waals surface area contributed by atoms with Gasteiger partial charge in [-0.25, -0.2) is 9.59 Å². The number of carbonyl (C=O) groups excluding carboxylic acids is 2. The van der Waals surface area contributed by atoms with Gasteiger partial charge in [0, 0.05) is 4.47 Å². The zero-order valence-corrected chi connectivity index (χ0v) is 20.5. The van der Waals surface area contributed by atoms with E-state index in [0.29, 0.717) is 33.7 Å². The maximum atomic E-state index is 12.7. The molecule has 0 amide bonds. The number of nitrogens with zero attached hydrogens (tertiary/aromatic N) is 1. The molecule has 3 rings (SSSR count). The molecule has 0 aromatic heterocycles.